The molecule has 0 radical (unpaired) electrons. The molecular weight excluding hydrogens is 485 g/mol. The zero-order valence-corrected chi connectivity index (χ0v) is 21.4. The summed E-state index contributed by atoms with van der Waals surface area (Å²) in [6, 6.07) is 11.8. The van der Waals surface area contributed by atoms with Crippen LogP contribution in [0.4, 0.5) is 0 Å². The molecule has 0 saturated heterocycles. The summed E-state index contributed by atoms with van der Waals surface area (Å²) < 4.78 is 26.8. The lowest BCUT2D eigenvalue weighted by Gasteiger charge is -2.31. The SMILES string of the molecule is CC[C@@H](C)NC(=O)[C@H](C)N(Cc1ccccc1Cl)C(=O)CN(C)S(=O)(=O)c1ccc(Cl)cc1. The van der Waals surface area contributed by atoms with Crippen LogP contribution >= 0.6 is 23.2 Å². The molecule has 33 heavy (non-hydrogen) atoms. The topological polar surface area (TPSA) is 86.8 Å². The van der Waals surface area contributed by atoms with Crippen molar-refractivity contribution in [1.29, 1.82) is 0 Å². The van der Waals surface area contributed by atoms with Gasteiger partial charge in [-0.15, -0.1) is 0 Å². The normalized spacial score (nSPS) is 13.4. The monoisotopic (exact) mass is 513 g/mol. The standard InChI is InChI=1S/C23H29Cl2N3O4S/c1-5-16(2)26-23(30)17(3)28(14-18-8-6-7-9-21(18)25)22(29)15-27(4)33(31,32)20-12-10-19(24)11-13-20/h6-13,16-17H,5,14-15H2,1-4H3,(H,26,30)/t16-,17+/m1/s1. The number of hydrogen-bond donors (Lipinski definition) is 1. The van der Waals surface area contributed by atoms with Crippen LogP contribution in [0, 0.1) is 0 Å². The highest BCUT2D eigenvalue weighted by Crippen LogP contribution is 2.21. The maximum atomic E-state index is 13.3. The number of nitrogens with zero attached hydrogens (tertiary/aromatic N) is 2. The molecule has 0 unspecified atom stereocenters. The number of carbonyl (C=O) groups excluding carboxylic acids is 2. The molecule has 2 aromatic rings. The van der Waals surface area contributed by atoms with Crippen molar-refractivity contribution in [3.63, 3.8) is 0 Å². The molecular formula is C23H29Cl2N3O4S. The minimum absolute atomic E-state index is 0.0161. The van der Waals surface area contributed by atoms with Crippen molar-refractivity contribution in [2.24, 2.45) is 0 Å². The number of benzene rings is 2. The van der Waals surface area contributed by atoms with E-state index in [4.69, 9.17) is 23.2 Å². The van der Waals surface area contributed by atoms with Crippen LogP contribution in [-0.2, 0) is 26.2 Å². The molecule has 2 aromatic carbocycles. The van der Waals surface area contributed by atoms with E-state index in [1.807, 2.05) is 13.8 Å². The molecule has 2 rings (SSSR count). The molecule has 0 aliphatic heterocycles. The van der Waals surface area contributed by atoms with Gasteiger partial charge in [0.25, 0.3) is 0 Å². The first-order chi connectivity index (χ1) is 15.5. The predicted octanol–water partition coefficient (Wildman–Crippen LogP) is 3.95. The summed E-state index contributed by atoms with van der Waals surface area (Å²) in [7, 11) is -2.61. The Kier molecular flexibility index (Phi) is 9.72. The Morgan fingerprint density at radius 1 is 1.03 bits per heavy atom. The van der Waals surface area contributed by atoms with Gasteiger partial charge in [0, 0.05) is 29.7 Å². The van der Waals surface area contributed by atoms with Gasteiger partial charge in [0.15, 0.2) is 0 Å². The van der Waals surface area contributed by atoms with Crippen molar-refractivity contribution in [3.05, 3.63) is 64.1 Å². The lowest BCUT2D eigenvalue weighted by molar-refractivity contribution is -0.140. The maximum Gasteiger partial charge on any atom is 0.243 e. The summed E-state index contributed by atoms with van der Waals surface area (Å²) in [5.74, 6) is -0.852. The molecule has 180 valence electrons. The minimum Gasteiger partial charge on any atom is -0.352 e. The first-order valence-corrected chi connectivity index (χ1v) is 12.7. The molecule has 0 spiro atoms. The van der Waals surface area contributed by atoms with Crippen molar-refractivity contribution in [3.8, 4) is 0 Å². The maximum absolute atomic E-state index is 13.3. The molecule has 0 fully saturated rings. The number of rotatable bonds is 10. The number of amides is 2. The van der Waals surface area contributed by atoms with E-state index >= 15 is 0 Å². The number of sulfonamides is 1. The Balaban J connectivity index is 2.29. The second-order valence-electron chi connectivity index (χ2n) is 7.82. The second-order valence-corrected chi connectivity index (χ2v) is 10.7. The van der Waals surface area contributed by atoms with E-state index in [1.165, 1.54) is 36.2 Å². The van der Waals surface area contributed by atoms with Gasteiger partial charge in [0.1, 0.15) is 6.04 Å². The molecule has 0 bridgehead atoms. The molecule has 0 heterocycles. The second kappa shape index (κ2) is 11.8. The van der Waals surface area contributed by atoms with Crippen LogP contribution in [-0.4, -0.2) is 55.1 Å². The van der Waals surface area contributed by atoms with Gasteiger partial charge in [0.2, 0.25) is 21.8 Å². The van der Waals surface area contributed by atoms with Crippen molar-refractivity contribution in [2.75, 3.05) is 13.6 Å². The van der Waals surface area contributed by atoms with Crippen molar-refractivity contribution in [2.45, 2.75) is 50.7 Å². The minimum atomic E-state index is -3.93. The van der Waals surface area contributed by atoms with E-state index in [1.54, 1.807) is 31.2 Å². The van der Waals surface area contributed by atoms with E-state index in [0.717, 1.165) is 10.7 Å². The molecule has 7 nitrogen and oxygen atoms in total. The van der Waals surface area contributed by atoms with E-state index in [-0.39, 0.29) is 23.4 Å². The van der Waals surface area contributed by atoms with Gasteiger partial charge in [-0.25, -0.2) is 8.42 Å². The van der Waals surface area contributed by atoms with Gasteiger partial charge in [-0.05, 0) is 56.2 Å². The lowest BCUT2D eigenvalue weighted by atomic mass is 10.1. The van der Waals surface area contributed by atoms with E-state index < -0.39 is 28.5 Å². The molecule has 0 aromatic heterocycles. The molecule has 0 aliphatic carbocycles. The van der Waals surface area contributed by atoms with Crippen LogP contribution in [0.5, 0.6) is 0 Å². The Morgan fingerprint density at radius 3 is 2.21 bits per heavy atom. The summed E-state index contributed by atoms with van der Waals surface area (Å²) in [4.78, 5) is 27.4. The quantitative estimate of drug-likeness (QED) is 0.521. The number of hydrogen-bond acceptors (Lipinski definition) is 4. The Labute approximate surface area is 205 Å². The molecule has 0 aliphatic rings. The Morgan fingerprint density at radius 2 is 1.64 bits per heavy atom. The number of carbonyl (C=O) groups is 2. The smallest absolute Gasteiger partial charge is 0.243 e. The average molecular weight is 514 g/mol. The zero-order valence-electron chi connectivity index (χ0n) is 19.1. The van der Waals surface area contributed by atoms with Gasteiger partial charge in [-0.1, -0.05) is 48.3 Å². The molecule has 2 atom stereocenters. The molecule has 10 heteroatoms. The van der Waals surface area contributed by atoms with Gasteiger partial charge in [-0.3, -0.25) is 9.59 Å². The summed E-state index contributed by atoms with van der Waals surface area (Å²) in [6.45, 7) is 5.04. The highest BCUT2D eigenvalue weighted by Gasteiger charge is 2.30. The average Bonchev–Trinajstić information content (AvgIpc) is 2.78. The Bertz CT molecular complexity index is 1080. The highest BCUT2D eigenvalue weighted by atomic mass is 35.5. The molecule has 1 N–H and O–H groups in total. The highest BCUT2D eigenvalue weighted by molar-refractivity contribution is 7.89. The third kappa shape index (κ3) is 7.17. The van der Waals surface area contributed by atoms with Gasteiger partial charge < -0.3 is 10.2 Å². The fourth-order valence-corrected chi connectivity index (χ4v) is 4.45. The molecule has 2 amide bonds. The first-order valence-electron chi connectivity index (χ1n) is 10.5. The Hall–Kier alpha value is -2.13. The third-order valence-corrected chi connectivity index (χ3v) is 7.78. The van der Waals surface area contributed by atoms with Crippen LogP contribution in [0.1, 0.15) is 32.8 Å². The van der Waals surface area contributed by atoms with Crippen LogP contribution in [0.2, 0.25) is 10.0 Å². The van der Waals surface area contributed by atoms with E-state index in [2.05, 4.69) is 5.32 Å². The van der Waals surface area contributed by atoms with E-state index in [9.17, 15) is 18.0 Å². The van der Waals surface area contributed by atoms with Crippen LogP contribution < -0.4 is 5.32 Å². The number of nitrogens with one attached hydrogen (secondary N) is 1. The largest absolute Gasteiger partial charge is 0.352 e. The van der Waals surface area contributed by atoms with Gasteiger partial charge in [0.05, 0.1) is 11.4 Å². The first kappa shape index (κ1) is 27.1. The zero-order chi connectivity index (χ0) is 24.8. The van der Waals surface area contributed by atoms with Crippen LogP contribution in [0.25, 0.3) is 0 Å². The summed E-state index contributed by atoms with van der Waals surface area (Å²) in [6.07, 6.45) is 0.735. The van der Waals surface area contributed by atoms with Crippen molar-refractivity contribution in [1.82, 2.24) is 14.5 Å². The fraction of sp³-hybridized carbons (Fsp3) is 0.391. The van der Waals surface area contributed by atoms with Crippen LogP contribution in [0.15, 0.2) is 53.4 Å². The van der Waals surface area contributed by atoms with Gasteiger partial charge >= 0.3 is 0 Å². The third-order valence-electron chi connectivity index (χ3n) is 5.35. The van der Waals surface area contributed by atoms with Crippen molar-refractivity contribution < 1.29 is 18.0 Å². The van der Waals surface area contributed by atoms with E-state index in [0.29, 0.717) is 15.6 Å². The summed E-state index contributed by atoms with van der Waals surface area (Å²) in [5, 5.41) is 3.72. The predicted molar refractivity (Wildman–Crippen MR) is 131 cm³/mol. The number of halogens is 2. The van der Waals surface area contributed by atoms with Gasteiger partial charge in [-0.2, -0.15) is 4.31 Å². The van der Waals surface area contributed by atoms with Crippen molar-refractivity contribution >= 4 is 45.0 Å². The summed E-state index contributed by atoms with van der Waals surface area (Å²) >= 11 is 12.1. The van der Waals surface area contributed by atoms with Crippen LogP contribution in [0.3, 0.4) is 0 Å². The number of likely N-dealkylation sites (N-methyl/N-ethyl adjacent to an activating group) is 1. The lowest BCUT2D eigenvalue weighted by Crippen LogP contribution is -2.51. The summed E-state index contributed by atoms with van der Waals surface area (Å²) in [5.41, 5.74) is 0.652. The fourth-order valence-electron chi connectivity index (χ4n) is 3.01. The molecule has 0 saturated carbocycles.